The standard InChI is InChI=1S/C17H23N5O2/c1-2-11-9-22-14(16(24)19-11)7-10-8-18-17(21-15(10)22)20-12-3-5-13(23)6-4-12/h7-8,11-13,23H,2-6,9H2,1H3,(H,19,24)(H,18,20,21). The number of aromatic nitrogens is 3. The lowest BCUT2D eigenvalue weighted by molar-refractivity contribution is 0.0900. The number of aliphatic hydroxyl groups excluding tert-OH is 1. The van der Waals surface area contributed by atoms with Gasteiger partial charge in [-0.25, -0.2) is 4.98 Å². The molecular weight excluding hydrogens is 306 g/mol. The second kappa shape index (κ2) is 6.05. The summed E-state index contributed by atoms with van der Waals surface area (Å²) in [5, 5.41) is 16.9. The summed E-state index contributed by atoms with van der Waals surface area (Å²) in [7, 11) is 0. The molecule has 4 rings (SSSR count). The van der Waals surface area contributed by atoms with Gasteiger partial charge in [0.1, 0.15) is 11.3 Å². The molecule has 0 bridgehead atoms. The Kier molecular flexibility index (Phi) is 3.88. The van der Waals surface area contributed by atoms with Crippen LogP contribution >= 0.6 is 0 Å². The smallest absolute Gasteiger partial charge is 0.268 e. The van der Waals surface area contributed by atoms with Crippen molar-refractivity contribution in [2.45, 2.75) is 63.8 Å². The summed E-state index contributed by atoms with van der Waals surface area (Å²) < 4.78 is 2.00. The Hall–Kier alpha value is -2.15. The van der Waals surface area contributed by atoms with Crippen molar-refractivity contribution in [2.75, 3.05) is 5.32 Å². The summed E-state index contributed by atoms with van der Waals surface area (Å²) in [5.41, 5.74) is 1.47. The number of hydrogen-bond donors (Lipinski definition) is 3. The molecule has 1 unspecified atom stereocenters. The van der Waals surface area contributed by atoms with Gasteiger partial charge in [0.15, 0.2) is 0 Å². The lowest BCUT2D eigenvalue weighted by atomic mass is 9.93. The largest absolute Gasteiger partial charge is 0.393 e. The third-order valence-corrected chi connectivity index (χ3v) is 5.13. The van der Waals surface area contributed by atoms with E-state index in [1.54, 1.807) is 6.20 Å². The number of hydrogen-bond acceptors (Lipinski definition) is 5. The third-order valence-electron chi connectivity index (χ3n) is 5.13. The predicted molar refractivity (Wildman–Crippen MR) is 91.0 cm³/mol. The molecule has 1 amide bonds. The maximum Gasteiger partial charge on any atom is 0.268 e. The van der Waals surface area contributed by atoms with E-state index in [1.165, 1.54) is 0 Å². The van der Waals surface area contributed by atoms with Crippen molar-refractivity contribution in [1.29, 1.82) is 0 Å². The molecule has 1 saturated carbocycles. The zero-order valence-electron chi connectivity index (χ0n) is 13.8. The second-order valence-corrected chi connectivity index (χ2v) is 6.84. The van der Waals surface area contributed by atoms with Crippen LogP contribution in [0.2, 0.25) is 0 Å². The zero-order valence-corrected chi connectivity index (χ0v) is 13.8. The number of carbonyl (C=O) groups is 1. The van der Waals surface area contributed by atoms with E-state index < -0.39 is 0 Å². The molecular formula is C17H23N5O2. The van der Waals surface area contributed by atoms with Crippen molar-refractivity contribution in [3.63, 3.8) is 0 Å². The first kappa shape index (κ1) is 15.4. The van der Waals surface area contributed by atoms with Crippen LogP contribution in [0.5, 0.6) is 0 Å². The van der Waals surface area contributed by atoms with Crippen LogP contribution in [0.4, 0.5) is 5.95 Å². The van der Waals surface area contributed by atoms with Crippen molar-refractivity contribution in [3.05, 3.63) is 18.0 Å². The van der Waals surface area contributed by atoms with Crippen LogP contribution < -0.4 is 10.6 Å². The van der Waals surface area contributed by atoms with E-state index in [-0.39, 0.29) is 18.1 Å². The first-order valence-corrected chi connectivity index (χ1v) is 8.75. The third kappa shape index (κ3) is 2.73. The Balaban J connectivity index is 1.62. The monoisotopic (exact) mass is 329 g/mol. The van der Waals surface area contributed by atoms with Crippen LogP contribution in [0.1, 0.15) is 49.5 Å². The fourth-order valence-electron chi connectivity index (χ4n) is 3.64. The van der Waals surface area contributed by atoms with E-state index in [4.69, 9.17) is 0 Å². The van der Waals surface area contributed by atoms with Gasteiger partial charge < -0.3 is 20.3 Å². The summed E-state index contributed by atoms with van der Waals surface area (Å²) >= 11 is 0. The highest BCUT2D eigenvalue weighted by atomic mass is 16.3. The van der Waals surface area contributed by atoms with Gasteiger partial charge in [-0.15, -0.1) is 0 Å². The van der Waals surface area contributed by atoms with E-state index in [0.717, 1.165) is 49.7 Å². The Bertz CT molecular complexity index is 764. The number of amides is 1. The SMILES string of the molecule is CCC1Cn2c(cc3cnc(NC4CCC(O)CC4)nc32)C(=O)N1. The highest BCUT2D eigenvalue weighted by Crippen LogP contribution is 2.24. The summed E-state index contributed by atoms with van der Waals surface area (Å²) in [4.78, 5) is 21.3. The molecule has 1 atom stereocenters. The molecule has 1 fully saturated rings. The molecule has 2 aromatic heterocycles. The lowest BCUT2D eigenvalue weighted by Gasteiger charge is -2.26. The topological polar surface area (TPSA) is 92.1 Å². The molecule has 3 heterocycles. The first-order valence-electron chi connectivity index (χ1n) is 8.75. The van der Waals surface area contributed by atoms with Gasteiger partial charge in [0, 0.05) is 30.2 Å². The zero-order chi connectivity index (χ0) is 16.7. The van der Waals surface area contributed by atoms with Gasteiger partial charge in [-0.3, -0.25) is 4.79 Å². The molecule has 128 valence electrons. The Morgan fingerprint density at radius 3 is 2.92 bits per heavy atom. The van der Waals surface area contributed by atoms with Gasteiger partial charge in [0.25, 0.3) is 5.91 Å². The lowest BCUT2D eigenvalue weighted by Crippen LogP contribution is -2.43. The van der Waals surface area contributed by atoms with Crippen molar-refractivity contribution in [3.8, 4) is 0 Å². The maximum absolute atomic E-state index is 12.2. The van der Waals surface area contributed by atoms with Crippen LogP contribution in [-0.4, -0.2) is 43.7 Å². The normalized spacial score (nSPS) is 26.9. The number of rotatable bonds is 3. The first-order chi connectivity index (χ1) is 11.6. The molecule has 7 heteroatoms. The van der Waals surface area contributed by atoms with E-state index in [1.807, 2.05) is 10.6 Å². The van der Waals surface area contributed by atoms with E-state index in [9.17, 15) is 9.90 Å². The van der Waals surface area contributed by atoms with E-state index in [2.05, 4.69) is 27.5 Å². The average molecular weight is 329 g/mol. The van der Waals surface area contributed by atoms with E-state index in [0.29, 0.717) is 17.7 Å². The number of nitrogens with one attached hydrogen (secondary N) is 2. The maximum atomic E-state index is 12.2. The molecule has 2 aliphatic rings. The number of anilines is 1. The predicted octanol–water partition coefficient (Wildman–Crippen LogP) is 1.67. The Morgan fingerprint density at radius 1 is 1.38 bits per heavy atom. The minimum Gasteiger partial charge on any atom is -0.393 e. The minimum absolute atomic E-state index is 0.0399. The summed E-state index contributed by atoms with van der Waals surface area (Å²) in [6.07, 6.45) is 5.99. The summed E-state index contributed by atoms with van der Waals surface area (Å²) in [6.45, 7) is 2.81. The van der Waals surface area contributed by atoms with Crippen LogP contribution in [0.25, 0.3) is 11.0 Å². The Morgan fingerprint density at radius 2 is 2.17 bits per heavy atom. The highest BCUT2D eigenvalue weighted by Gasteiger charge is 2.26. The fourth-order valence-corrected chi connectivity index (χ4v) is 3.64. The molecule has 0 radical (unpaired) electrons. The van der Waals surface area contributed by atoms with E-state index >= 15 is 0 Å². The molecule has 1 aliphatic carbocycles. The highest BCUT2D eigenvalue weighted by molar-refractivity contribution is 5.98. The number of carbonyl (C=O) groups excluding carboxylic acids is 1. The van der Waals surface area contributed by atoms with Gasteiger partial charge >= 0.3 is 0 Å². The fraction of sp³-hybridized carbons (Fsp3) is 0.588. The minimum atomic E-state index is -0.173. The summed E-state index contributed by atoms with van der Waals surface area (Å²) in [6, 6.07) is 2.30. The summed E-state index contributed by atoms with van der Waals surface area (Å²) in [5.74, 6) is 0.561. The number of nitrogens with zero attached hydrogens (tertiary/aromatic N) is 3. The molecule has 0 spiro atoms. The molecule has 2 aromatic rings. The van der Waals surface area contributed by atoms with Gasteiger partial charge in [0.05, 0.1) is 6.10 Å². The van der Waals surface area contributed by atoms with Crippen LogP contribution in [0.15, 0.2) is 12.3 Å². The van der Waals surface area contributed by atoms with Gasteiger partial charge in [0.2, 0.25) is 5.95 Å². The van der Waals surface area contributed by atoms with Gasteiger partial charge in [-0.05, 0) is 38.2 Å². The van der Waals surface area contributed by atoms with Crippen molar-refractivity contribution < 1.29 is 9.90 Å². The molecule has 7 nitrogen and oxygen atoms in total. The molecule has 0 saturated heterocycles. The van der Waals surface area contributed by atoms with Crippen molar-refractivity contribution in [1.82, 2.24) is 19.9 Å². The number of fused-ring (bicyclic) bond motifs is 3. The van der Waals surface area contributed by atoms with Gasteiger partial charge in [-0.1, -0.05) is 6.92 Å². The average Bonchev–Trinajstić information content (AvgIpc) is 2.96. The van der Waals surface area contributed by atoms with Crippen LogP contribution in [-0.2, 0) is 6.54 Å². The van der Waals surface area contributed by atoms with Crippen molar-refractivity contribution >= 4 is 22.9 Å². The molecule has 1 aliphatic heterocycles. The van der Waals surface area contributed by atoms with Crippen LogP contribution in [0, 0.1) is 0 Å². The number of aliphatic hydroxyl groups is 1. The molecule has 0 aromatic carbocycles. The van der Waals surface area contributed by atoms with Crippen LogP contribution in [0.3, 0.4) is 0 Å². The second-order valence-electron chi connectivity index (χ2n) is 6.84. The Labute approximate surface area is 140 Å². The molecule has 24 heavy (non-hydrogen) atoms. The molecule has 3 N–H and O–H groups in total. The van der Waals surface area contributed by atoms with Gasteiger partial charge in [-0.2, -0.15) is 4.98 Å². The van der Waals surface area contributed by atoms with Crippen molar-refractivity contribution in [2.24, 2.45) is 0 Å². The quantitative estimate of drug-likeness (QED) is 0.797.